The van der Waals surface area contributed by atoms with E-state index >= 15 is 0 Å². The van der Waals surface area contributed by atoms with Crippen molar-refractivity contribution in [2.24, 2.45) is 0 Å². The predicted octanol–water partition coefficient (Wildman–Crippen LogP) is 3.66. The highest BCUT2D eigenvalue weighted by molar-refractivity contribution is 5.81. The molecule has 0 saturated heterocycles. The lowest BCUT2D eigenvalue weighted by molar-refractivity contribution is 0.969. The number of aromatic nitrogens is 2. The lowest BCUT2D eigenvalue weighted by Gasteiger charge is -1.95. The van der Waals surface area contributed by atoms with Gasteiger partial charge < -0.3 is 0 Å². The Kier molecular flexibility index (Phi) is 2.47. The van der Waals surface area contributed by atoms with Crippen LogP contribution in [-0.4, -0.2) is 9.78 Å². The van der Waals surface area contributed by atoms with Crippen LogP contribution >= 0.6 is 0 Å². The van der Waals surface area contributed by atoms with Crippen LogP contribution in [0.1, 0.15) is 5.56 Å². The van der Waals surface area contributed by atoms with Crippen molar-refractivity contribution in [2.75, 3.05) is 0 Å². The van der Waals surface area contributed by atoms with Gasteiger partial charge in [-0.2, -0.15) is 5.10 Å². The highest BCUT2D eigenvalue weighted by Gasteiger charge is 1.97. The minimum Gasteiger partial charge on any atom is -0.240 e. The van der Waals surface area contributed by atoms with Gasteiger partial charge in [0.05, 0.1) is 11.7 Å². The van der Waals surface area contributed by atoms with Crippen LogP contribution in [0.2, 0.25) is 0 Å². The number of rotatable bonds is 2. The molecule has 0 unspecified atom stereocenters. The molecule has 0 aliphatic rings. The fourth-order valence-corrected chi connectivity index (χ4v) is 1.83. The summed E-state index contributed by atoms with van der Waals surface area (Å²) in [6.07, 6.45) is 5.92. The Balaban J connectivity index is 1.98. The molecule has 2 nitrogen and oxygen atoms in total. The Bertz CT molecular complexity index is 651. The van der Waals surface area contributed by atoms with E-state index in [1.165, 1.54) is 5.56 Å². The van der Waals surface area contributed by atoms with Crippen molar-refractivity contribution in [2.45, 2.75) is 0 Å². The molecule has 1 aromatic heterocycles. The molecule has 0 bridgehead atoms. The summed E-state index contributed by atoms with van der Waals surface area (Å²) >= 11 is 0. The summed E-state index contributed by atoms with van der Waals surface area (Å²) in [6, 6.07) is 18.4. The van der Waals surface area contributed by atoms with Crippen LogP contribution in [0.5, 0.6) is 0 Å². The SMILES string of the molecule is C(=C/n1ncc2ccccc21)/c1ccccc1. The molecule has 0 aliphatic heterocycles. The van der Waals surface area contributed by atoms with Gasteiger partial charge in [0, 0.05) is 11.6 Å². The summed E-state index contributed by atoms with van der Waals surface area (Å²) in [7, 11) is 0. The third-order valence-electron chi connectivity index (χ3n) is 2.71. The largest absolute Gasteiger partial charge is 0.240 e. The first-order chi connectivity index (χ1) is 8.43. The summed E-state index contributed by atoms with van der Waals surface area (Å²) in [6.45, 7) is 0. The van der Waals surface area contributed by atoms with Gasteiger partial charge in [-0.3, -0.25) is 0 Å². The van der Waals surface area contributed by atoms with Gasteiger partial charge in [-0.1, -0.05) is 48.5 Å². The molecule has 0 N–H and O–H groups in total. The van der Waals surface area contributed by atoms with Crippen LogP contribution in [0.4, 0.5) is 0 Å². The Morgan fingerprint density at radius 3 is 2.53 bits per heavy atom. The fourth-order valence-electron chi connectivity index (χ4n) is 1.83. The molecule has 1 heterocycles. The molecule has 0 fully saturated rings. The molecule has 17 heavy (non-hydrogen) atoms. The minimum absolute atomic E-state index is 1.12. The van der Waals surface area contributed by atoms with Gasteiger partial charge in [0.1, 0.15) is 0 Å². The van der Waals surface area contributed by atoms with E-state index < -0.39 is 0 Å². The maximum atomic E-state index is 4.34. The van der Waals surface area contributed by atoms with E-state index in [4.69, 9.17) is 0 Å². The fraction of sp³-hybridized carbons (Fsp3) is 0. The molecule has 0 spiro atoms. The molecule has 0 amide bonds. The van der Waals surface area contributed by atoms with E-state index in [1.54, 1.807) is 0 Å². The van der Waals surface area contributed by atoms with Crippen LogP contribution in [0.25, 0.3) is 23.2 Å². The van der Waals surface area contributed by atoms with Crippen LogP contribution in [0, 0.1) is 0 Å². The molecule has 82 valence electrons. The molecule has 2 aromatic carbocycles. The topological polar surface area (TPSA) is 17.8 Å². The van der Waals surface area contributed by atoms with Gasteiger partial charge in [-0.05, 0) is 17.7 Å². The number of hydrogen-bond donors (Lipinski definition) is 0. The Hall–Kier alpha value is -2.35. The first kappa shape index (κ1) is 9.85. The van der Waals surface area contributed by atoms with Gasteiger partial charge in [0.15, 0.2) is 0 Å². The number of para-hydroxylation sites is 1. The van der Waals surface area contributed by atoms with E-state index in [0.29, 0.717) is 0 Å². The molecule has 3 rings (SSSR count). The highest BCUT2D eigenvalue weighted by Crippen LogP contribution is 2.13. The molecule has 0 aliphatic carbocycles. The third-order valence-corrected chi connectivity index (χ3v) is 2.71. The van der Waals surface area contributed by atoms with E-state index in [1.807, 2.05) is 47.4 Å². The van der Waals surface area contributed by atoms with Crippen molar-refractivity contribution in [3.63, 3.8) is 0 Å². The Morgan fingerprint density at radius 1 is 0.882 bits per heavy atom. The zero-order chi connectivity index (χ0) is 11.5. The number of benzene rings is 2. The van der Waals surface area contributed by atoms with Crippen LogP contribution < -0.4 is 0 Å². The van der Waals surface area contributed by atoms with Gasteiger partial charge >= 0.3 is 0 Å². The smallest absolute Gasteiger partial charge is 0.0733 e. The number of nitrogens with zero attached hydrogens (tertiary/aromatic N) is 2. The first-order valence-electron chi connectivity index (χ1n) is 5.59. The summed E-state index contributed by atoms with van der Waals surface area (Å²) in [4.78, 5) is 0. The van der Waals surface area contributed by atoms with Gasteiger partial charge in [0.2, 0.25) is 0 Å². The molecule has 2 heteroatoms. The summed E-state index contributed by atoms with van der Waals surface area (Å²) < 4.78 is 1.89. The monoisotopic (exact) mass is 220 g/mol. The van der Waals surface area contributed by atoms with E-state index in [-0.39, 0.29) is 0 Å². The van der Waals surface area contributed by atoms with Gasteiger partial charge in [-0.25, -0.2) is 4.68 Å². The second kappa shape index (κ2) is 4.26. The minimum atomic E-state index is 1.12. The van der Waals surface area contributed by atoms with E-state index in [9.17, 15) is 0 Å². The van der Waals surface area contributed by atoms with Crippen molar-refractivity contribution >= 4 is 23.2 Å². The quantitative estimate of drug-likeness (QED) is 0.644. The van der Waals surface area contributed by atoms with E-state index in [2.05, 4.69) is 35.4 Å². The molecule has 0 radical (unpaired) electrons. The number of hydrogen-bond acceptors (Lipinski definition) is 1. The third kappa shape index (κ3) is 1.97. The van der Waals surface area contributed by atoms with Gasteiger partial charge in [-0.15, -0.1) is 0 Å². The van der Waals surface area contributed by atoms with Crippen LogP contribution in [-0.2, 0) is 0 Å². The van der Waals surface area contributed by atoms with Crippen molar-refractivity contribution in [3.8, 4) is 0 Å². The highest BCUT2D eigenvalue weighted by atomic mass is 15.3. The maximum absolute atomic E-state index is 4.34. The maximum Gasteiger partial charge on any atom is 0.0733 e. The van der Waals surface area contributed by atoms with E-state index in [0.717, 1.165) is 10.9 Å². The molecular formula is C15H12N2. The van der Waals surface area contributed by atoms with Gasteiger partial charge in [0.25, 0.3) is 0 Å². The average Bonchev–Trinajstić information content (AvgIpc) is 2.81. The number of fused-ring (bicyclic) bond motifs is 1. The molecular weight excluding hydrogens is 208 g/mol. The lowest BCUT2D eigenvalue weighted by Crippen LogP contribution is -1.87. The van der Waals surface area contributed by atoms with Crippen LogP contribution in [0.15, 0.2) is 60.8 Å². The molecule has 0 saturated carbocycles. The predicted molar refractivity (Wildman–Crippen MR) is 71.4 cm³/mol. The second-order valence-electron chi connectivity index (χ2n) is 3.87. The normalized spacial score (nSPS) is 11.3. The van der Waals surface area contributed by atoms with Crippen molar-refractivity contribution < 1.29 is 0 Å². The standard InChI is InChI=1S/C15H12N2/c1-2-6-13(7-3-1)10-11-17-15-9-5-4-8-14(15)12-16-17/h1-12H/b11-10-. The van der Waals surface area contributed by atoms with Crippen LogP contribution in [0.3, 0.4) is 0 Å². The zero-order valence-corrected chi connectivity index (χ0v) is 9.32. The van der Waals surface area contributed by atoms with Crippen molar-refractivity contribution in [1.29, 1.82) is 0 Å². The first-order valence-corrected chi connectivity index (χ1v) is 5.59. The molecule has 0 atom stereocenters. The average molecular weight is 220 g/mol. The van der Waals surface area contributed by atoms with Crippen molar-refractivity contribution in [3.05, 3.63) is 66.4 Å². The Morgan fingerprint density at radius 2 is 1.65 bits per heavy atom. The second-order valence-corrected chi connectivity index (χ2v) is 3.87. The molecule has 3 aromatic rings. The summed E-state index contributed by atoms with van der Waals surface area (Å²) in [5, 5.41) is 5.50. The van der Waals surface area contributed by atoms with Crippen molar-refractivity contribution in [1.82, 2.24) is 9.78 Å². The lowest BCUT2D eigenvalue weighted by atomic mass is 10.2. The Labute approximate surface area is 99.8 Å². The zero-order valence-electron chi connectivity index (χ0n) is 9.32. The summed E-state index contributed by atoms with van der Waals surface area (Å²) in [5.74, 6) is 0. The summed E-state index contributed by atoms with van der Waals surface area (Å²) in [5.41, 5.74) is 2.30.